The van der Waals surface area contributed by atoms with E-state index in [0.717, 1.165) is 31.9 Å². The van der Waals surface area contributed by atoms with Gasteiger partial charge in [0.1, 0.15) is 5.75 Å². The van der Waals surface area contributed by atoms with E-state index in [1.54, 1.807) is 30.3 Å². The summed E-state index contributed by atoms with van der Waals surface area (Å²) in [5, 5.41) is 3.28. The fourth-order valence-corrected chi connectivity index (χ4v) is 3.55. The molecule has 8 heteroatoms. The maximum atomic E-state index is 12.9. The number of hydrogen-bond acceptors (Lipinski definition) is 5. The first-order valence-electron chi connectivity index (χ1n) is 9.36. The van der Waals surface area contributed by atoms with Gasteiger partial charge in [-0.25, -0.2) is 4.79 Å². The van der Waals surface area contributed by atoms with Crippen LogP contribution < -0.4 is 19.9 Å². The van der Waals surface area contributed by atoms with E-state index in [-0.39, 0.29) is 5.91 Å². The van der Waals surface area contributed by atoms with Gasteiger partial charge < -0.3 is 24.6 Å². The van der Waals surface area contributed by atoms with Gasteiger partial charge in [-0.3, -0.25) is 4.79 Å². The van der Waals surface area contributed by atoms with Gasteiger partial charge in [0.15, 0.2) is 0 Å². The number of hydrogen-bond donors (Lipinski definition) is 2. The van der Waals surface area contributed by atoms with Crippen LogP contribution in [-0.4, -0.2) is 59.3 Å². The van der Waals surface area contributed by atoms with Crippen molar-refractivity contribution in [2.24, 2.45) is 0 Å². The minimum absolute atomic E-state index is 0.322. The SMILES string of the molecule is COC(=O)c1ccc(N2CC[NH+](C)CC2)c(NC(=O)c2ccc(OC)c(Cl)c2)c1. The molecule has 1 heterocycles. The fraction of sp³-hybridized carbons (Fsp3) is 0.333. The van der Waals surface area contributed by atoms with Gasteiger partial charge in [-0.1, -0.05) is 11.6 Å². The van der Waals surface area contributed by atoms with Crippen molar-refractivity contribution in [3.8, 4) is 5.75 Å². The Morgan fingerprint density at radius 3 is 2.38 bits per heavy atom. The normalized spacial score (nSPS) is 14.4. The number of methoxy groups -OCH3 is 2. The second-order valence-corrected chi connectivity index (χ2v) is 7.38. The maximum absolute atomic E-state index is 12.9. The van der Waals surface area contributed by atoms with Crippen molar-refractivity contribution in [2.75, 3.05) is 57.7 Å². The van der Waals surface area contributed by atoms with Gasteiger partial charge in [0, 0.05) is 5.56 Å². The number of nitrogens with one attached hydrogen (secondary N) is 2. The Kier molecular flexibility index (Phi) is 6.61. The first-order chi connectivity index (χ1) is 13.9. The van der Waals surface area contributed by atoms with Crippen LogP contribution in [0.1, 0.15) is 20.7 Å². The number of anilines is 2. The zero-order valence-electron chi connectivity index (χ0n) is 16.8. The summed E-state index contributed by atoms with van der Waals surface area (Å²) in [5.74, 6) is -0.281. The molecule has 0 aromatic heterocycles. The number of benzene rings is 2. The number of halogens is 1. The van der Waals surface area contributed by atoms with E-state index in [1.807, 2.05) is 6.07 Å². The summed E-state index contributed by atoms with van der Waals surface area (Å²) in [6, 6.07) is 10.1. The van der Waals surface area contributed by atoms with E-state index >= 15 is 0 Å². The maximum Gasteiger partial charge on any atom is 0.337 e. The molecule has 2 N–H and O–H groups in total. The van der Waals surface area contributed by atoms with Crippen molar-refractivity contribution in [1.82, 2.24) is 0 Å². The molecule has 1 amide bonds. The highest BCUT2D eigenvalue weighted by Crippen LogP contribution is 2.30. The first kappa shape index (κ1) is 21.0. The second kappa shape index (κ2) is 9.15. The van der Waals surface area contributed by atoms with Crippen molar-refractivity contribution in [1.29, 1.82) is 0 Å². The first-order valence-corrected chi connectivity index (χ1v) is 9.74. The predicted octanol–water partition coefficient (Wildman–Crippen LogP) is 1.72. The lowest BCUT2D eigenvalue weighted by Gasteiger charge is -2.33. The zero-order valence-corrected chi connectivity index (χ0v) is 17.5. The van der Waals surface area contributed by atoms with E-state index in [9.17, 15) is 9.59 Å². The number of carbonyl (C=O) groups excluding carboxylic acids is 2. The molecule has 0 radical (unpaired) electrons. The highest BCUT2D eigenvalue weighted by molar-refractivity contribution is 6.32. The van der Waals surface area contributed by atoms with Crippen molar-refractivity contribution >= 4 is 34.9 Å². The van der Waals surface area contributed by atoms with E-state index in [0.29, 0.717) is 27.6 Å². The summed E-state index contributed by atoms with van der Waals surface area (Å²) in [6.07, 6.45) is 0. The van der Waals surface area contributed by atoms with E-state index in [1.165, 1.54) is 19.1 Å². The Bertz CT molecular complexity index is 911. The van der Waals surface area contributed by atoms with Crippen LogP contribution in [0.2, 0.25) is 5.02 Å². The van der Waals surface area contributed by atoms with Crippen molar-refractivity contribution in [3.05, 3.63) is 52.5 Å². The Morgan fingerprint density at radius 2 is 1.76 bits per heavy atom. The molecule has 1 aliphatic heterocycles. The van der Waals surface area contributed by atoms with Gasteiger partial charge >= 0.3 is 5.97 Å². The van der Waals surface area contributed by atoms with Crippen LogP contribution in [0.5, 0.6) is 5.75 Å². The molecule has 7 nitrogen and oxygen atoms in total. The van der Waals surface area contributed by atoms with E-state index in [4.69, 9.17) is 21.1 Å². The monoisotopic (exact) mass is 418 g/mol. The molecule has 2 aromatic carbocycles. The van der Waals surface area contributed by atoms with Crippen LogP contribution in [0.25, 0.3) is 0 Å². The smallest absolute Gasteiger partial charge is 0.337 e. The van der Waals surface area contributed by atoms with Crippen molar-refractivity contribution < 1.29 is 24.0 Å². The summed E-state index contributed by atoms with van der Waals surface area (Å²) >= 11 is 6.15. The third-order valence-electron chi connectivity index (χ3n) is 5.04. The Labute approximate surface area is 175 Å². The molecule has 29 heavy (non-hydrogen) atoms. The predicted molar refractivity (Wildman–Crippen MR) is 113 cm³/mol. The molecule has 1 aliphatic rings. The van der Waals surface area contributed by atoms with Gasteiger partial charge in [0.05, 0.1) is 69.4 Å². The number of quaternary nitrogens is 1. The minimum atomic E-state index is -0.456. The molecule has 0 atom stereocenters. The molecule has 1 fully saturated rings. The third kappa shape index (κ3) is 4.81. The number of ether oxygens (including phenoxy) is 2. The summed E-state index contributed by atoms with van der Waals surface area (Å²) in [7, 11) is 5.01. The molecule has 154 valence electrons. The van der Waals surface area contributed by atoms with Crippen LogP contribution >= 0.6 is 11.6 Å². The molecule has 3 rings (SSSR count). The topological polar surface area (TPSA) is 72.3 Å². The number of piperazine rings is 1. The van der Waals surface area contributed by atoms with Gasteiger partial charge in [-0.05, 0) is 36.4 Å². The largest absolute Gasteiger partial charge is 0.495 e. The summed E-state index contributed by atoms with van der Waals surface area (Å²) < 4.78 is 9.96. The molecule has 0 aliphatic carbocycles. The highest BCUT2D eigenvalue weighted by atomic mass is 35.5. The Morgan fingerprint density at radius 1 is 1.07 bits per heavy atom. The second-order valence-electron chi connectivity index (χ2n) is 6.97. The molecule has 1 saturated heterocycles. The molecule has 0 unspecified atom stereocenters. The number of likely N-dealkylation sites (N-methyl/N-ethyl adjacent to an activating group) is 1. The molecular formula is C21H25ClN3O4+. The fourth-order valence-electron chi connectivity index (χ4n) is 3.29. The van der Waals surface area contributed by atoms with Crippen molar-refractivity contribution in [2.45, 2.75) is 0 Å². The average molecular weight is 419 g/mol. The number of nitrogens with zero attached hydrogens (tertiary/aromatic N) is 1. The summed E-state index contributed by atoms with van der Waals surface area (Å²) in [4.78, 5) is 28.5. The van der Waals surface area contributed by atoms with Gasteiger partial charge in [0.2, 0.25) is 0 Å². The Balaban J connectivity index is 1.91. The standard InChI is InChI=1S/C21H24ClN3O4/c1-24-8-10-25(11-9-24)18-6-4-15(21(27)29-3)13-17(18)23-20(26)14-5-7-19(28-2)16(22)12-14/h4-7,12-13H,8-11H2,1-3H3,(H,23,26)/p+1. The number of carbonyl (C=O) groups is 2. The molecule has 0 bridgehead atoms. The third-order valence-corrected chi connectivity index (χ3v) is 5.33. The van der Waals surface area contributed by atoms with Gasteiger partial charge in [0.25, 0.3) is 5.91 Å². The number of amides is 1. The quantitative estimate of drug-likeness (QED) is 0.723. The zero-order chi connectivity index (χ0) is 21.0. The highest BCUT2D eigenvalue weighted by Gasteiger charge is 2.22. The van der Waals surface area contributed by atoms with E-state index in [2.05, 4.69) is 17.3 Å². The molecule has 0 spiro atoms. The number of rotatable bonds is 5. The van der Waals surface area contributed by atoms with Crippen LogP contribution in [0.15, 0.2) is 36.4 Å². The lowest BCUT2D eigenvalue weighted by Crippen LogP contribution is -3.12. The Hall–Kier alpha value is -2.77. The van der Waals surface area contributed by atoms with Crippen LogP contribution in [-0.2, 0) is 4.74 Å². The van der Waals surface area contributed by atoms with Crippen molar-refractivity contribution in [3.63, 3.8) is 0 Å². The average Bonchev–Trinajstić information content (AvgIpc) is 2.73. The van der Waals surface area contributed by atoms with Crippen LogP contribution in [0, 0.1) is 0 Å². The molecular weight excluding hydrogens is 394 g/mol. The van der Waals surface area contributed by atoms with Gasteiger partial charge in [-0.2, -0.15) is 0 Å². The van der Waals surface area contributed by atoms with E-state index < -0.39 is 5.97 Å². The van der Waals surface area contributed by atoms with Crippen LogP contribution in [0.3, 0.4) is 0 Å². The van der Waals surface area contributed by atoms with Gasteiger partial charge in [-0.15, -0.1) is 0 Å². The lowest BCUT2D eigenvalue weighted by atomic mass is 10.1. The number of esters is 1. The summed E-state index contributed by atoms with van der Waals surface area (Å²) in [5.41, 5.74) is 2.20. The molecule has 0 saturated carbocycles. The lowest BCUT2D eigenvalue weighted by molar-refractivity contribution is -0.880. The molecule has 2 aromatic rings. The summed E-state index contributed by atoms with van der Waals surface area (Å²) in [6.45, 7) is 3.72. The van der Waals surface area contributed by atoms with Crippen LogP contribution in [0.4, 0.5) is 11.4 Å². The minimum Gasteiger partial charge on any atom is -0.495 e.